The summed E-state index contributed by atoms with van der Waals surface area (Å²) in [6.07, 6.45) is 4.34. The molecule has 0 radical (unpaired) electrons. The first kappa shape index (κ1) is 17.1. The summed E-state index contributed by atoms with van der Waals surface area (Å²) in [5, 5.41) is 4.07. The van der Waals surface area contributed by atoms with Gasteiger partial charge in [-0.3, -0.25) is 4.90 Å². The Labute approximate surface area is 144 Å². The highest BCUT2D eigenvalue weighted by atomic mass is 16.5. The molecule has 0 spiro atoms. The van der Waals surface area contributed by atoms with Crippen LogP contribution in [0.1, 0.15) is 37.0 Å². The molecule has 3 rings (SSSR count). The Morgan fingerprint density at radius 2 is 1.75 bits per heavy atom. The second-order valence-electron chi connectivity index (χ2n) is 6.56. The fraction of sp³-hybridized carbons (Fsp3) is 0.579. The predicted molar refractivity (Wildman–Crippen MR) is 94.8 cm³/mol. The predicted octanol–water partition coefficient (Wildman–Crippen LogP) is 2.77. The molecule has 0 bridgehead atoms. The first-order valence-electron chi connectivity index (χ1n) is 9.13. The van der Waals surface area contributed by atoms with E-state index in [1.807, 2.05) is 0 Å². The molecule has 1 aliphatic rings. The lowest BCUT2D eigenvalue weighted by molar-refractivity contribution is 0.118. The van der Waals surface area contributed by atoms with Gasteiger partial charge in [0.25, 0.3) is 0 Å². The van der Waals surface area contributed by atoms with Gasteiger partial charge in [-0.2, -0.15) is 4.98 Å². The Bertz CT molecular complexity index is 590. The van der Waals surface area contributed by atoms with Crippen LogP contribution in [0.3, 0.4) is 0 Å². The molecule has 0 atom stereocenters. The van der Waals surface area contributed by atoms with Crippen molar-refractivity contribution in [2.24, 2.45) is 0 Å². The molecule has 2 heterocycles. The summed E-state index contributed by atoms with van der Waals surface area (Å²) in [7, 11) is 0. The minimum atomic E-state index is 0.763. The van der Waals surface area contributed by atoms with Crippen molar-refractivity contribution in [3.8, 4) is 0 Å². The average Bonchev–Trinajstić information content (AvgIpc) is 3.07. The van der Waals surface area contributed by atoms with Crippen LogP contribution in [-0.2, 0) is 19.4 Å². The van der Waals surface area contributed by atoms with Gasteiger partial charge in [-0.25, -0.2) is 0 Å². The van der Waals surface area contributed by atoms with E-state index >= 15 is 0 Å². The Balaban J connectivity index is 1.38. The lowest BCUT2D eigenvalue weighted by atomic mass is 10.1. The van der Waals surface area contributed by atoms with Gasteiger partial charge in [0, 0.05) is 39.1 Å². The number of aryl methyl sites for hydroxylation is 1. The van der Waals surface area contributed by atoms with E-state index in [0.29, 0.717) is 0 Å². The molecule has 1 fully saturated rings. The van der Waals surface area contributed by atoms with Crippen LogP contribution in [0.15, 0.2) is 34.9 Å². The summed E-state index contributed by atoms with van der Waals surface area (Å²) < 4.78 is 5.38. The maximum atomic E-state index is 5.38. The summed E-state index contributed by atoms with van der Waals surface area (Å²) in [5.41, 5.74) is 1.42. The van der Waals surface area contributed by atoms with Crippen molar-refractivity contribution in [2.45, 2.75) is 39.2 Å². The second-order valence-corrected chi connectivity index (χ2v) is 6.56. The van der Waals surface area contributed by atoms with Gasteiger partial charge in [0.2, 0.25) is 5.89 Å². The van der Waals surface area contributed by atoms with E-state index in [1.54, 1.807) is 0 Å². The van der Waals surface area contributed by atoms with Crippen molar-refractivity contribution in [3.05, 3.63) is 47.6 Å². The first-order valence-corrected chi connectivity index (χ1v) is 9.13. The van der Waals surface area contributed by atoms with Crippen molar-refractivity contribution in [1.82, 2.24) is 19.9 Å². The van der Waals surface area contributed by atoms with E-state index in [-0.39, 0.29) is 0 Å². The fourth-order valence-corrected chi connectivity index (χ4v) is 3.08. The molecule has 1 aliphatic heterocycles. The van der Waals surface area contributed by atoms with E-state index in [1.165, 1.54) is 5.56 Å². The van der Waals surface area contributed by atoms with Crippen LogP contribution < -0.4 is 0 Å². The fourth-order valence-electron chi connectivity index (χ4n) is 3.08. The summed E-state index contributed by atoms with van der Waals surface area (Å²) in [6.45, 7) is 8.47. The van der Waals surface area contributed by atoms with E-state index in [4.69, 9.17) is 4.52 Å². The summed E-state index contributed by atoms with van der Waals surface area (Å²) in [4.78, 5) is 9.46. The Morgan fingerprint density at radius 1 is 1.00 bits per heavy atom. The highest BCUT2D eigenvalue weighted by Crippen LogP contribution is 2.09. The van der Waals surface area contributed by atoms with E-state index in [2.05, 4.69) is 57.2 Å². The normalized spacial score (nSPS) is 16.5. The van der Waals surface area contributed by atoms with E-state index in [9.17, 15) is 0 Å². The van der Waals surface area contributed by atoms with Gasteiger partial charge in [0.05, 0.1) is 6.54 Å². The summed E-state index contributed by atoms with van der Waals surface area (Å²) in [5.74, 6) is 1.62. The van der Waals surface area contributed by atoms with Crippen molar-refractivity contribution in [2.75, 3.05) is 32.7 Å². The number of unbranched alkanes of at least 4 members (excludes halogenated alkanes) is 1. The molecule has 0 amide bonds. The van der Waals surface area contributed by atoms with Crippen LogP contribution in [0.2, 0.25) is 0 Å². The molecule has 0 aliphatic carbocycles. The molecule has 0 saturated carbocycles. The lowest BCUT2D eigenvalue weighted by Crippen LogP contribution is -2.46. The van der Waals surface area contributed by atoms with Crippen LogP contribution in [0.4, 0.5) is 0 Å². The lowest BCUT2D eigenvalue weighted by Gasteiger charge is -2.33. The molecule has 0 N–H and O–H groups in total. The number of piperazine rings is 1. The van der Waals surface area contributed by atoms with Crippen molar-refractivity contribution in [1.29, 1.82) is 0 Å². The van der Waals surface area contributed by atoms with Gasteiger partial charge >= 0.3 is 0 Å². The number of hydrogen-bond acceptors (Lipinski definition) is 5. The topological polar surface area (TPSA) is 45.4 Å². The maximum Gasteiger partial charge on any atom is 0.240 e. The van der Waals surface area contributed by atoms with Crippen LogP contribution in [0.25, 0.3) is 0 Å². The number of nitrogens with zero attached hydrogens (tertiary/aromatic N) is 4. The highest BCUT2D eigenvalue weighted by Gasteiger charge is 2.19. The van der Waals surface area contributed by atoms with Gasteiger partial charge in [0.15, 0.2) is 5.82 Å². The second kappa shape index (κ2) is 8.94. The number of hydrogen-bond donors (Lipinski definition) is 0. The van der Waals surface area contributed by atoms with Crippen LogP contribution in [-0.4, -0.2) is 52.7 Å². The molecule has 1 aromatic heterocycles. The van der Waals surface area contributed by atoms with Gasteiger partial charge in [-0.05, 0) is 18.4 Å². The minimum absolute atomic E-state index is 0.763. The van der Waals surface area contributed by atoms with Crippen molar-refractivity contribution < 1.29 is 4.52 Å². The van der Waals surface area contributed by atoms with Crippen LogP contribution >= 0.6 is 0 Å². The van der Waals surface area contributed by atoms with Gasteiger partial charge in [0.1, 0.15) is 0 Å². The Kier molecular flexibility index (Phi) is 6.38. The minimum Gasteiger partial charge on any atom is -0.338 e. The molecule has 24 heavy (non-hydrogen) atoms. The maximum absolute atomic E-state index is 5.38. The van der Waals surface area contributed by atoms with E-state index < -0.39 is 0 Å². The van der Waals surface area contributed by atoms with Gasteiger partial charge in [-0.15, -0.1) is 0 Å². The molecule has 5 nitrogen and oxygen atoms in total. The van der Waals surface area contributed by atoms with Gasteiger partial charge < -0.3 is 9.42 Å². The number of benzene rings is 1. The van der Waals surface area contributed by atoms with E-state index in [0.717, 1.165) is 76.7 Å². The quantitative estimate of drug-likeness (QED) is 0.745. The Morgan fingerprint density at radius 3 is 2.50 bits per heavy atom. The zero-order chi connectivity index (χ0) is 16.6. The molecule has 130 valence electrons. The molecule has 1 aromatic carbocycles. The first-order chi connectivity index (χ1) is 11.8. The van der Waals surface area contributed by atoms with Crippen LogP contribution in [0.5, 0.6) is 0 Å². The van der Waals surface area contributed by atoms with Crippen molar-refractivity contribution in [3.63, 3.8) is 0 Å². The zero-order valence-corrected chi connectivity index (χ0v) is 14.7. The standard InChI is InChI=1S/C19H28N4O/c1-2-3-9-18-20-19(24-21-18)16-23-14-12-22(13-15-23)11-10-17-7-5-4-6-8-17/h4-8H,2-3,9-16H2,1H3. The molecule has 2 aromatic rings. The summed E-state index contributed by atoms with van der Waals surface area (Å²) >= 11 is 0. The molecule has 5 heteroatoms. The number of aromatic nitrogens is 2. The monoisotopic (exact) mass is 328 g/mol. The molecule has 1 saturated heterocycles. The van der Waals surface area contributed by atoms with Crippen LogP contribution in [0, 0.1) is 0 Å². The average molecular weight is 328 g/mol. The molecular formula is C19H28N4O. The third-order valence-electron chi connectivity index (χ3n) is 4.65. The number of rotatable bonds is 8. The molecule has 0 unspecified atom stereocenters. The Hall–Kier alpha value is -1.72. The largest absolute Gasteiger partial charge is 0.338 e. The smallest absolute Gasteiger partial charge is 0.240 e. The zero-order valence-electron chi connectivity index (χ0n) is 14.7. The summed E-state index contributed by atoms with van der Waals surface area (Å²) in [6, 6.07) is 10.7. The highest BCUT2D eigenvalue weighted by molar-refractivity contribution is 5.14. The van der Waals surface area contributed by atoms with Gasteiger partial charge in [-0.1, -0.05) is 48.8 Å². The third kappa shape index (κ3) is 5.14. The molecular weight excluding hydrogens is 300 g/mol. The van der Waals surface area contributed by atoms with Crippen molar-refractivity contribution >= 4 is 0 Å². The SMILES string of the molecule is CCCCc1noc(CN2CCN(CCc3ccccc3)CC2)n1. The third-order valence-corrected chi connectivity index (χ3v) is 4.65.